The molecule has 2 rings (SSSR count). The van der Waals surface area contributed by atoms with Gasteiger partial charge in [-0.1, -0.05) is 31.6 Å². The maximum Gasteiger partial charge on any atom is 0.253 e. The van der Waals surface area contributed by atoms with Crippen molar-refractivity contribution in [2.24, 2.45) is 5.41 Å². The van der Waals surface area contributed by atoms with Crippen molar-refractivity contribution in [3.8, 4) is 5.75 Å². The molecule has 0 unspecified atom stereocenters. The number of carbonyl (C=O) groups excluding carboxylic acids is 1. The van der Waals surface area contributed by atoms with Gasteiger partial charge in [0.15, 0.2) is 0 Å². The summed E-state index contributed by atoms with van der Waals surface area (Å²) in [6.45, 7) is 7.67. The van der Waals surface area contributed by atoms with Crippen molar-refractivity contribution in [3.63, 3.8) is 0 Å². The first kappa shape index (κ1) is 20.9. The van der Waals surface area contributed by atoms with Crippen LogP contribution in [0.1, 0.15) is 62.9 Å². The maximum atomic E-state index is 14.8. The SMILES string of the molecule is CC1=C(/C=C/C(C)=C(\F)c2ccc(C(=O)NCO)cc2O)C(C)(C)CCC1. The van der Waals surface area contributed by atoms with E-state index in [0.29, 0.717) is 5.57 Å². The molecule has 5 heteroatoms. The predicted octanol–water partition coefficient (Wildman–Crippen LogP) is 4.86. The van der Waals surface area contributed by atoms with Gasteiger partial charge in [0.25, 0.3) is 5.91 Å². The predicted molar refractivity (Wildman–Crippen MR) is 106 cm³/mol. The molecular weight excluding hydrogens is 345 g/mol. The van der Waals surface area contributed by atoms with E-state index in [2.05, 4.69) is 26.1 Å². The molecule has 0 spiro atoms. The Labute approximate surface area is 160 Å². The monoisotopic (exact) mass is 373 g/mol. The average molecular weight is 373 g/mol. The molecule has 1 aromatic carbocycles. The van der Waals surface area contributed by atoms with Crippen LogP contribution < -0.4 is 5.32 Å². The van der Waals surface area contributed by atoms with E-state index in [-0.39, 0.29) is 22.3 Å². The highest BCUT2D eigenvalue weighted by Gasteiger charge is 2.26. The highest BCUT2D eigenvalue weighted by atomic mass is 19.1. The van der Waals surface area contributed by atoms with Gasteiger partial charge in [-0.2, -0.15) is 0 Å². The minimum atomic E-state index is -0.540. The quantitative estimate of drug-likeness (QED) is 0.510. The molecule has 0 fully saturated rings. The molecule has 0 heterocycles. The van der Waals surface area contributed by atoms with Crippen LogP contribution in [0.15, 0.2) is 47.1 Å². The molecular formula is C22H28FNO3. The summed E-state index contributed by atoms with van der Waals surface area (Å²) in [6.07, 6.45) is 7.06. The standard InChI is InChI=1S/C22H28FNO3/c1-14-6-5-11-22(3,4)18(14)10-7-15(2)20(23)17-9-8-16(12-19(17)26)21(27)24-13-25/h7-10,12,25-26H,5-6,11,13H2,1-4H3,(H,24,27)/b10-7+,20-15-. The van der Waals surface area contributed by atoms with Gasteiger partial charge in [-0.15, -0.1) is 0 Å². The Balaban J connectivity index is 2.31. The van der Waals surface area contributed by atoms with Gasteiger partial charge < -0.3 is 15.5 Å². The molecule has 1 aliphatic rings. The first-order chi connectivity index (χ1) is 12.7. The van der Waals surface area contributed by atoms with Gasteiger partial charge in [-0.25, -0.2) is 4.39 Å². The largest absolute Gasteiger partial charge is 0.507 e. The van der Waals surface area contributed by atoms with E-state index < -0.39 is 18.5 Å². The van der Waals surface area contributed by atoms with Gasteiger partial charge >= 0.3 is 0 Å². The fourth-order valence-electron chi connectivity index (χ4n) is 3.54. The Morgan fingerprint density at radius 1 is 1.37 bits per heavy atom. The van der Waals surface area contributed by atoms with Crippen molar-refractivity contribution >= 4 is 11.7 Å². The van der Waals surface area contributed by atoms with E-state index in [1.807, 2.05) is 6.08 Å². The number of allylic oxidation sites excluding steroid dienone is 5. The number of aliphatic hydroxyl groups is 1. The number of carbonyl (C=O) groups is 1. The summed E-state index contributed by atoms with van der Waals surface area (Å²) < 4.78 is 14.8. The summed E-state index contributed by atoms with van der Waals surface area (Å²) in [6, 6.07) is 3.96. The average Bonchev–Trinajstić information content (AvgIpc) is 2.60. The van der Waals surface area contributed by atoms with Gasteiger partial charge in [0, 0.05) is 5.56 Å². The van der Waals surface area contributed by atoms with Gasteiger partial charge in [0.05, 0.1) is 5.56 Å². The summed E-state index contributed by atoms with van der Waals surface area (Å²) in [5, 5.41) is 21.1. The molecule has 1 aromatic rings. The lowest BCUT2D eigenvalue weighted by atomic mass is 9.72. The van der Waals surface area contributed by atoms with Crippen LogP contribution in [0.3, 0.4) is 0 Å². The molecule has 0 bridgehead atoms. The second kappa shape index (κ2) is 8.53. The molecule has 0 radical (unpaired) electrons. The Kier molecular flexibility index (Phi) is 6.60. The fraction of sp³-hybridized carbons (Fsp3) is 0.409. The lowest BCUT2D eigenvalue weighted by Crippen LogP contribution is -2.23. The fourth-order valence-corrected chi connectivity index (χ4v) is 3.54. The minimum Gasteiger partial charge on any atom is -0.507 e. The number of benzene rings is 1. The van der Waals surface area contributed by atoms with Crippen LogP contribution in [0.25, 0.3) is 5.83 Å². The number of amides is 1. The van der Waals surface area contributed by atoms with Crippen LogP contribution in [-0.4, -0.2) is 22.9 Å². The van der Waals surface area contributed by atoms with Crippen LogP contribution in [0.4, 0.5) is 4.39 Å². The van der Waals surface area contributed by atoms with Crippen LogP contribution in [0.5, 0.6) is 5.75 Å². The summed E-state index contributed by atoms with van der Waals surface area (Å²) >= 11 is 0. The van der Waals surface area contributed by atoms with Gasteiger partial charge in [0.1, 0.15) is 18.3 Å². The molecule has 1 aliphatic carbocycles. The number of halogens is 1. The molecule has 146 valence electrons. The maximum absolute atomic E-state index is 14.8. The van der Waals surface area contributed by atoms with Crippen molar-refractivity contribution in [3.05, 3.63) is 58.2 Å². The zero-order valence-electron chi connectivity index (χ0n) is 16.4. The number of hydrogen-bond acceptors (Lipinski definition) is 3. The lowest BCUT2D eigenvalue weighted by molar-refractivity contribution is 0.0910. The minimum absolute atomic E-state index is 0.0336. The van der Waals surface area contributed by atoms with Crippen LogP contribution >= 0.6 is 0 Å². The van der Waals surface area contributed by atoms with E-state index >= 15 is 0 Å². The summed E-state index contributed by atoms with van der Waals surface area (Å²) in [5.74, 6) is -1.40. The topological polar surface area (TPSA) is 69.6 Å². The van der Waals surface area contributed by atoms with Gasteiger partial charge in [-0.05, 0) is 67.9 Å². The lowest BCUT2D eigenvalue weighted by Gasteiger charge is -2.33. The van der Waals surface area contributed by atoms with Gasteiger partial charge in [-0.3, -0.25) is 4.79 Å². The van der Waals surface area contributed by atoms with Crippen molar-refractivity contribution < 1.29 is 19.4 Å². The summed E-state index contributed by atoms with van der Waals surface area (Å²) in [4.78, 5) is 11.7. The van der Waals surface area contributed by atoms with Gasteiger partial charge in [0.2, 0.25) is 0 Å². The second-order valence-electron chi connectivity index (χ2n) is 7.66. The number of phenolic OH excluding ortho intramolecular Hbond substituents is 1. The Morgan fingerprint density at radius 2 is 2.07 bits per heavy atom. The molecule has 1 amide bonds. The summed E-state index contributed by atoms with van der Waals surface area (Å²) in [7, 11) is 0. The Bertz CT molecular complexity index is 819. The molecule has 4 nitrogen and oxygen atoms in total. The van der Waals surface area contributed by atoms with Crippen molar-refractivity contribution in [1.82, 2.24) is 5.32 Å². The normalized spacial score (nSPS) is 17.9. The van der Waals surface area contributed by atoms with E-state index in [1.54, 1.807) is 13.0 Å². The molecule has 3 N–H and O–H groups in total. The number of aliphatic hydroxyl groups excluding tert-OH is 1. The molecule has 0 saturated carbocycles. The number of phenols is 1. The van der Waals surface area contributed by atoms with Crippen LogP contribution in [0.2, 0.25) is 0 Å². The Hall–Kier alpha value is -2.40. The van der Waals surface area contributed by atoms with Crippen LogP contribution in [-0.2, 0) is 0 Å². The van der Waals surface area contributed by atoms with Crippen molar-refractivity contribution in [2.75, 3.05) is 6.73 Å². The number of aromatic hydroxyl groups is 1. The third kappa shape index (κ3) is 4.86. The van der Waals surface area contributed by atoms with Crippen molar-refractivity contribution in [1.29, 1.82) is 0 Å². The molecule has 0 atom stereocenters. The third-order valence-electron chi connectivity index (χ3n) is 5.12. The zero-order chi connectivity index (χ0) is 20.2. The van der Waals surface area contributed by atoms with E-state index in [1.165, 1.54) is 35.8 Å². The second-order valence-corrected chi connectivity index (χ2v) is 7.66. The molecule has 0 aromatic heterocycles. The smallest absolute Gasteiger partial charge is 0.253 e. The van der Waals surface area contributed by atoms with E-state index in [4.69, 9.17) is 5.11 Å². The molecule has 0 saturated heterocycles. The first-order valence-corrected chi connectivity index (χ1v) is 9.14. The van der Waals surface area contributed by atoms with Crippen LogP contribution in [0, 0.1) is 5.41 Å². The summed E-state index contributed by atoms with van der Waals surface area (Å²) in [5.41, 5.74) is 3.22. The van der Waals surface area contributed by atoms with E-state index in [9.17, 15) is 14.3 Å². The number of rotatable bonds is 5. The highest BCUT2D eigenvalue weighted by molar-refractivity contribution is 5.95. The van der Waals surface area contributed by atoms with Crippen molar-refractivity contribution in [2.45, 2.75) is 47.0 Å². The Morgan fingerprint density at radius 3 is 2.67 bits per heavy atom. The number of nitrogens with one attached hydrogen (secondary N) is 1. The highest BCUT2D eigenvalue weighted by Crippen LogP contribution is 2.41. The number of hydrogen-bond donors (Lipinski definition) is 3. The molecule has 0 aliphatic heterocycles. The molecule has 27 heavy (non-hydrogen) atoms. The third-order valence-corrected chi connectivity index (χ3v) is 5.12. The van der Waals surface area contributed by atoms with E-state index in [0.717, 1.165) is 12.8 Å². The first-order valence-electron chi connectivity index (χ1n) is 9.14. The zero-order valence-corrected chi connectivity index (χ0v) is 16.4.